The van der Waals surface area contributed by atoms with E-state index in [1.807, 2.05) is 18.0 Å². The van der Waals surface area contributed by atoms with E-state index >= 15 is 0 Å². The van der Waals surface area contributed by atoms with Crippen LogP contribution in [0.2, 0.25) is 0 Å². The molecular formula is C14H22FN3O. The number of halogens is 1. The van der Waals surface area contributed by atoms with Crippen molar-refractivity contribution in [1.29, 1.82) is 0 Å². The van der Waals surface area contributed by atoms with Crippen LogP contribution >= 0.6 is 0 Å². The van der Waals surface area contributed by atoms with Crippen LogP contribution in [0.15, 0.2) is 24.3 Å². The molecule has 0 saturated heterocycles. The lowest BCUT2D eigenvalue weighted by Gasteiger charge is -2.21. The molecule has 1 rings (SSSR count). The Labute approximate surface area is 114 Å². The zero-order valence-electron chi connectivity index (χ0n) is 11.6. The lowest BCUT2D eigenvalue weighted by atomic mass is 10.2. The van der Waals surface area contributed by atoms with Gasteiger partial charge < -0.3 is 10.6 Å². The van der Waals surface area contributed by atoms with Crippen LogP contribution in [0.25, 0.3) is 0 Å². The third-order valence-electron chi connectivity index (χ3n) is 2.87. The van der Waals surface area contributed by atoms with Gasteiger partial charge in [-0.2, -0.15) is 0 Å². The molecule has 4 nitrogen and oxygen atoms in total. The molecule has 2 N–H and O–H groups in total. The SMILES string of the molecule is CN(CC(=O)N(C)CCCN)Cc1cccc(F)c1. The summed E-state index contributed by atoms with van der Waals surface area (Å²) in [7, 11) is 3.62. The molecule has 106 valence electrons. The molecule has 5 heteroatoms. The van der Waals surface area contributed by atoms with Crippen molar-refractivity contribution in [3.05, 3.63) is 35.6 Å². The molecule has 0 bridgehead atoms. The molecule has 0 aliphatic carbocycles. The van der Waals surface area contributed by atoms with Crippen LogP contribution in [0, 0.1) is 5.82 Å². The summed E-state index contributed by atoms with van der Waals surface area (Å²) in [5.74, 6) is -0.204. The molecule has 0 aliphatic heterocycles. The van der Waals surface area contributed by atoms with Gasteiger partial charge in [-0.3, -0.25) is 9.69 Å². The van der Waals surface area contributed by atoms with E-state index in [9.17, 15) is 9.18 Å². The highest BCUT2D eigenvalue weighted by Gasteiger charge is 2.11. The van der Waals surface area contributed by atoms with E-state index in [4.69, 9.17) is 5.73 Å². The van der Waals surface area contributed by atoms with Crippen LogP contribution in [0.1, 0.15) is 12.0 Å². The van der Waals surface area contributed by atoms with Gasteiger partial charge in [0.1, 0.15) is 5.82 Å². The van der Waals surface area contributed by atoms with Crippen molar-refractivity contribution in [2.24, 2.45) is 5.73 Å². The average Bonchev–Trinajstić information content (AvgIpc) is 2.35. The van der Waals surface area contributed by atoms with Crippen LogP contribution < -0.4 is 5.73 Å². The van der Waals surface area contributed by atoms with Crippen molar-refractivity contribution >= 4 is 5.91 Å². The molecule has 1 aromatic rings. The van der Waals surface area contributed by atoms with Crippen molar-refractivity contribution in [3.63, 3.8) is 0 Å². The quantitative estimate of drug-likeness (QED) is 0.804. The fraction of sp³-hybridized carbons (Fsp3) is 0.500. The second kappa shape index (κ2) is 7.86. The van der Waals surface area contributed by atoms with Crippen molar-refractivity contribution < 1.29 is 9.18 Å². The van der Waals surface area contributed by atoms with Gasteiger partial charge in [0.25, 0.3) is 0 Å². The van der Waals surface area contributed by atoms with Crippen LogP contribution in [0.3, 0.4) is 0 Å². The Bertz CT molecular complexity index is 411. The van der Waals surface area contributed by atoms with E-state index in [-0.39, 0.29) is 11.7 Å². The summed E-state index contributed by atoms with van der Waals surface area (Å²) < 4.78 is 13.0. The normalized spacial score (nSPS) is 10.8. The Morgan fingerprint density at radius 2 is 2.11 bits per heavy atom. The molecule has 1 aromatic carbocycles. The second-order valence-electron chi connectivity index (χ2n) is 4.76. The van der Waals surface area contributed by atoms with Gasteiger partial charge in [0.2, 0.25) is 5.91 Å². The molecule has 0 spiro atoms. The van der Waals surface area contributed by atoms with E-state index in [0.717, 1.165) is 12.0 Å². The predicted molar refractivity (Wildman–Crippen MR) is 74.0 cm³/mol. The Balaban J connectivity index is 2.42. The monoisotopic (exact) mass is 267 g/mol. The number of carbonyl (C=O) groups excluding carboxylic acids is 1. The molecule has 0 radical (unpaired) electrons. The number of nitrogens with two attached hydrogens (primary N) is 1. The van der Waals surface area contributed by atoms with E-state index < -0.39 is 0 Å². The molecule has 0 aliphatic rings. The number of hydrogen-bond acceptors (Lipinski definition) is 3. The zero-order valence-corrected chi connectivity index (χ0v) is 11.6. The molecule has 0 fully saturated rings. The minimum absolute atomic E-state index is 0.0485. The summed E-state index contributed by atoms with van der Waals surface area (Å²) >= 11 is 0. The number of hydrogen-bond donors (Lipinski definition) is 1. The summed E-state index contributed by atoms with van der Waals surface area (Å²) in [6.45, 7) is 2.12. The number of rotatable bonds is 7. The van der Waals surface area contributed by atoms with Crippen molar-refractivity contribution in [2.45, 2.75) is 13.0 Å². The van der Waals surface area contributed by atoms with Crippen molar-refractivity contribution in [1.82, 2.24) is 9.80 Å². The number of amides is 1. The standard InChI is InChI=1S/C14H22FN3O/c1-17(10-12-5-3-6-13(15)9-12)11-14(19)18(2)8-4-7-16/h3,5-6,9H,4,7-8,10-11,16H2,1-2H3. The number of nitrogens with zero attached hydrogens (tertiary/aromatic N) is 2. The topological polar surface area (TPSA) is 49.6 Å². The Morgan fingerprint density at radius 3 is 2.74 bits per heavy atom. The Hall–Kier alpha value is -1.46. The van der Waals surface area contributed by atoms with Gasteiger partial charge in [-0.1, -0.05) is 12.1 Å². The van der Waals surface area contributed by atoms with Gasteiger partial charge in [0.05, 0.1) is 6.54 Å². The summed E-state index contributed by atoms with van der Waals surface area (Å²) in [6, 6.07) is 6.42. The molecule has 0 aromatic heterocycles. The van der Waals surface area contributed by atoms with Gasteiger partial charge in [-0.05, 0) is 37.7 Å². The maximum atomic E-state index is 13.0. The predicted octanol–water partition coefficient (Wildman–Crippen LogP) is 1.06. The van der Waals surface area contributed by atoms with E-state index in [1.165, 1.54) is 12.1 Å². The maximum absolute atomic E-state index is 13.0. The highest BCUT2D eigenvalue weighted by molar-refractivity contribution is 5.77. The summed E-state index contributed by atoms with van der Waals surface area (Å²) in [5.41, 5.74) is 6.27. The Kier molecular flexibility index (Phi) is 6.45. The largest absolute Gasteiger partial charge is 0.345 e. The lowest BCUT2D eigenvalue weighted by molar-refractivity contribution is -0.130. The number of carbonyl (C=O) groups is 1. The van der Waals surface area contributed by atoms with Gasteiger partial charge >= 0.3 is 0 Å². The number of benzene rings is 1. The van der Waals surface area contributed by atoms with E-state index in [0.29, 0.717) is 26.2 Å². The second-order valence-corrected chi connectivity index (χ2v) is 4.76. The van der Waals surface area contributed by atoms with Crippen LogP contribution in [0.5, 0.6) is 0 Å². The molecule has 0 saturated carbocycles. The first-order chi connectivity index (χ1) is 9.02. The highest BCUT2D eigenvalue weighted by Crippen LogP contribution is 2.06. The van der Waals surface area contributed by atoms with Gasteiger partial charge in [0.15, 0.2) is 0 Å². The third-order valence-corrected chi connectivity index (χ3v) is 2.87. The van der Waals surface area contributed by atoms with E-state index in [1.54, 1.807) is 18.0 Å². The summed E-state index contributed by atoms with van der Waals surface area (Å²) in [5, 5.41) is 0. The third kappa shape index (κ3) is 5.81. The van der Waals surface area contributed by atoms with Gasteiger partial charge in [-0.25, -0.2) is 4.39 Å². The zero-order chi connectivity index (χ0) is 14.3. The fourth-order valence-electron chi connectivity index (χ4n) is 1.81. The molecular weight excluding hydrogens is 245 g/mol. The first-order valence-electron chi connectivity index (χ1n) is 6.40. The first-order valence-corrected chi connectivity index (χ1v) is 6.40. The molecule has 0 atom stereocenters. The van der Waals surface area contributed by atoms with Crippen molar-refractivity contribution in [2.75, 3.05) is 33.7 Å². The minimum Gasteiger partial charge on any atom is -0.345 e. The van der Waals surface area contributed by atoms with Crippen molar-refractivity contribution in [3.8, 4) is 0 Å². The number of likely N-dealkylation sites (N-methyl/N-ethyl adjacent to an activating group) is 2. The fourth-order valence-corrected chi connectivity index (χ4v) is 1.81. The summed E-state index contributed by atoms with van der Waals surface area (Å²) in [4.78, 5) is 15.4. The maximum Gasteiger partial charge on any atom is 0.236 e. The molecule has 0 heterocycles. The average molecular weight is 267 g/mol. The molecule has 1 amide bonds. The van der Waals surface area contributed by atoms with Gasteiger partial charge in [0, 0.05) is 20.1 Å². The minimum atomic E-state index is -0.253. The first kappa shape index (κ1) is 15.6. The smallest absolute Gasteiger partial charge is 0.236 e. The summed E-state index contributed by atoms with van der Waals surface area (Å²) in [6.07, 6.45) is 0.801. The molecule has 0 unspecified atom stereocenters. The van der Waals surface area contributed by atoms with Crippen LogP contribution in [-0.2, 0) is 11.3 Å². The highest BCUT2D eigenvalue weighted by atomic mass is 19.1. The Morgan fingerprint density at radius 1 is 1.37 bits per heavy atom. The van der Waals surface area contributed by atoms with Crippen LogP contribution in [-0.4, -0.2) is 49.4 Å². The van der Waals surface area contributed by atoms with E-state index in [2.05, 4.69) is 0 Å². The van der Waals surface area contributed by atoms with Gasteiger partial charge in [-0.15, -0.1) is 0 Å². The lowest BCUT2D eigenvalue weighted by Crippen LogP contribution is -2.37. The molecule has 19 heavy (non-hydrogen) atoms. The van der Waals surface area contributed by atoms with Crippen LogP contribution in [0.4, 0.5) is 4.39 Å².